The topological polar surface area (TPSA) is 58.6 Å². The van der Waals surface area contributed by atoms with Gasteiger partial charge in [0.05, 0.1) is 0 Å². The molecule has 0 aromatic heterocycles. The third-order valence-electron chi connectivity index (χ3n) is 3.80. The Morgan fingerprint density at radius 1 is 1.13 bits per heavy atom. The highest BCUT2D eigenvalue weighted by Gasteiger charge is 2.26. The van der Waals surface area contributed by atoms with E-state index in [1.54, 1.807) is 0 Å². The molecule has 5 nitrogen and oxygen atoms in total. The lowest BCUT2D eigenvalue weighted by molar-refractivity contribution is 0.0473. The van der Waals surface area contributed by atoms with E-state index in [0.717, 1.165) is 18.4 Å². The van der Waals surface area contributed by atoms with Crippen molar-refractivity contribution < 1.29 is 14.3 Å². The Morgan fingerprint density at radius 2 is 1.70 bits per heavy atom. The first kappa shape index (κ1) is 17.3. The maximum absolute atomic E-state index is 12.4. The Hall–Kier alpha value is -2.04. The summed E-state index contributed by atoms with van der Waals surface area (Å²) in [4.78, 5) is 26.1. The van der Waals surface area contributed by atoms with Gasteiger partial charge in [-0.05, 0) is 52.7 Å². The third kappa shape index (κ3) is 5.27. The quantitative estimate of drug-likeness (QED) is 0.911. The minimum atomic E-state index is -0.494. The molecule has 1 aromatic carbocycles. The first-order valence-corrected chi connectivity index (χ1v) is 8.10. The Kier molecular flexibility index (Phi) is 5.29. The summed E-state index contributed by atoms with van der Waals surface area (Å²) in [5, 5.41) is 2.88. The van der Waals surface area contributed by atoms with E-state index in [1.807, 2.05) is 56.9 Å². The average molecular weight is 318 g/mol. The van der Waals surface area contributed by atoms with Crippen LogP contribution in [0, 0.1) is 6.92 Å². The molecule has 5 heteroatoms. The highest BCUT2D eigenvalue weighted by atomic mass is 16.6. The van der Waals surface area contributed by atoms with Gasteiger partial charge in [-0.15, -0.1) is 0 Å². The number of likely N-dealkylation sites (tertiary alicyclic amines) is 1. The monoisotopic (exact) mass is 318 g/mol. The van der Waals surface area contributed by atoms with Crippen LogP contribution in [0.4, 0.5) is 4.79 Å². The smallest absolute Gasteiger partial charge is 0.407 e. The van der Waals surface area contributed by atoms with E-state index in [4.69, 9.17) is 4.74 Å². The highest BCUT2D eigenvalue weighted by molar-refractivity contribution is 5.94. The van der Waals surface area contributed by atoms with Gasteiger partial charge in [0.2, 0.25) is 0 Å². The molecule has 0 saturated carbocycles. The zero-order chi connectivity index (χ0) is 17.0. The molecule has 1 heterocycles. The zero-order valence-corrected chi connectivity index (χ0v) is 14.4. The molecule has 0 radical (unpaired) electrons. The molecule has 0 atom stereocenters. The minimum Gasteiger partial charge on any atom is -0.444 e. The molecule has 23 heavy (non-hydrogen) atoms. The predicted octanol–water partition coefficient (Wildman–Crippen LogP) is 3.12. The van der Waals surface area contributed by atoms with Crippen molar-refractivity contribution >= 4 is 12.0 Å². The third-order valence-corrected chi connectivity index (χ3v) is 3.80. The van der Waals surface area contributed by atoms with Crippen LogP contribution in [0.1, 0.15) is 49.5 Å². The van der Waals surface area contributed by atoms with Crippen LogP contribution in [0.3, 0.4) is 0 Å². The van der Waals surface area contributed by atoms with E-state index in [-0.39, 0.29) is 18.0 Å². The summed E-state index contributed by atoms with van der Waals surface area (Å²) in [6.45, 7) is 8.82. The van der Waals surface area contributed by atoms with Crippen LogP contribution in [0.15, 0.2) is 24.3 Å². The predicted molar refractivity (Wildman–Crippen MR) is 89.5 cm³/mol. The molecule has 1 N–H and O–H groups in total. The number of hydrogen-bond donors (Lipinski definition) is 1. The number of amides is 2. The van der Waals surface area contributed by atoms with Gasteiger partial charge < -0.3 is 15.0 Å². The summed E-state index contributed by atoms with van der Waals surface area (Å²) in [5.74, 6) is 0.0562. The van der Waals surface area contributed by atoms with Crippen molar-refractivity contribution in [3.63, 3.8) is 0 Å². The summed E-state index contributed by atoms with van der Waals surface area (Å²) in [6, 6.07) is 7.69. The number of nitrogens with one attached hydrogen (secondary N) is 1. The average Bonchev–Trinajstić information content (AvgIpc) is 2.46. The molecule has 0 aliphatic carbocycles. The summed E-state index contributed by atoms with van der Waals surface area (Å²) in [5.41, 5.74) is 1.36. The highest BCUT2D eigenvalue weighted by Crippen LogP contribution is 2.15. The standard InChI is InChI=1S/C18H26N2O3/c1-13-5-7-14(8-6-13)16(21)20-11-9-15(10-12-20)19-17(22)23-18(2,3)4/h5-8,15H,9-12H2,1-4H3,(H,19,22). The van der Waals surface area contributed by atoms with Crippen LogP contribution < -0.4 is 5.32 Å². The van der Waals surface area contributed by atoms with Gasteiger partial charge in [-0.2, -0.15) is 0 Å². The maximum Gasteiger partial charge on any atom is 0.407 e. The van der Waals surface area contributed by atoms with E-state index in [0.29, 0.717) is 18.7 Å². The molecule has 1 aliphatic heterocycles. The normalized spacial score (nSPS) is 16.1. The van der Waals surface area contributed by atoms with E-state index in [9.17, 15) is 9.59 Å². The molecular weight excluding hydrogens is 292 g/mol. The molecule has 2 amide bonds. The summed E-state index contributed by atoms with van der Waals surface area (Å²) in [7, 11) is 0. The van der Waals surface area contributed by atoms with Gasteiger partial charge in [0.25, 0.3) is 5.91 Å². The first-order valence-electron chi connectivity index (χ1n) is 8.10. The second kappa shape index (κ2) is 7.02. The second-order valence-corrected chi connectivity index (χ2v) is 7.08. The Balaban J connectivity index is 1.83. The van der Waals surface area contributed by atoms with Crippen molar-refractivity contribution in [3.8, 4) is 0 Å². The first-order chi connectivity index (χ1) is 10.7. The lowest BCUT2D eigenvalue weighted by Crippen LogP contribution is -2.47. The van der Waals surface area contributed by atoms with Crippen molar-refractivity contribution in [3.05, 3.63) is 35.4 Å². The van der Waals surface area contributed by atoms with Crippen LogP contribution in [-0.2, 0) is 4.74 Å². The number of hydrogen-bond acceptors (Lipinski definition) is 3. The molecule has 1 saturated heterocycles. The molecule has 1 aliphatic rings. The number of piperidine rings is 1. The van der Waals surface area contributed by atoms with Crippen LogP contribution in [0.25, 0.3) is 0 Å². The fourth-order valence-corrected chi connectivity index (χ4v) is 2.58. The summed E-state index contributed by atoms with van der Waals surface area (Å²) >= 11 is 0. The van der Waals surface area contributed by atoms with Crippen LogP contribution in [-0.4, -0.2) is 41.6 Å². The van der Waals surface area contributed by atoms with Crippen LogP contribution in [0.2, 0.25) is 0 Å². The molecule has 1 aromatic rings. The lowest BCUT2D eigenvalue weighted by Gasteiger charge is -2.33. The Labute approximate surface area is 138 Å². The summed E-state index contributed by atoms with van der Waals surface area (Å²) in [6.07, 6.45) is 1.11. The van der Waals surface area contributed by atoms with Gasteiger partial charge >= 0.3 is 6.09 Å². The Morgan fingerprint density at radius 3 is 2.22 bits per heavy atom. The Bertz CT molecular complexity index is 553. The van der Waals surface area contributed by atoms with E-state index >= 15 is 0 Å². The molecule has 2 rings (SSSR count). The summed E-state index contributed by atoms with van der Waals surface area (Å²) < 4.78 is 5.26. The number of benzene rings is 1. The number of ether oxygens (including phenoxy) is 1. The molecule has 0 spiro atoms. The van der Waals surface area contributed by atoms with Crippen LogP contribution in [0.5, 0.6) is 0 Å². The van der Waals surface area contributed by atoms with E-state index < -0.39 is 5.60 Å². The fraction of sp³-hybridized carbons (Fsp3) is 0.556. The number of alkyl carbamates (subject to hydrolysis) is 1. The number of nitrogens with zero attached hydrogens (tertiary/aromatic N) is 1. The largest absolute Gasteiger partial charge is 0.444 e. The van der Waals surface area contributed by atoms with Gasteiger partial charge in [-0.25, -0.2) is 4.79 Å². The molecule has 0 bridgehead atoms. The lowest BCUT2D eigenvalue weighted by atomic mass is 10.0. The number of aryl methyl sites for hydroxylation is 1. The van der Waals surface area contributed by atoms with Crippen molar-refractivity contribution in [2.75, 3.05) is 13.1 Å². The zero-order valence-electron chi connectivity index (χ0n) is 14.4. The van der Waals surface area contributed by atoms with Crippen molar-refractivity contribution in [2.24, 2.45) is 0 Å². The van der Waals surface area contributed by atoms with Gasteiger partial charge in [0.1, 0.15) is 5.60 Å². The molecule has 126 valence electrons. The molecule has 1 fully saturated rings. The van der Waals surface area contributed by atoms with Gasteiger partial charge in [0, 0.05) is 24.7 Å². The maximum atomic E-state index is 12.4. The second-order valence-electron chi connectivity index (χ2n) is 7.08. The number of carbonyl (C=O) groups is 2. The van der Waals surface area contributed by atoms with Gasteiger partial charge in [-0.3, -0.25) is 4.79 Å². The van der Waals surface area contributed by atoms with Crippen molar-refractivity contribution in [2.45, 2.75) is 52.2 Å². The SMILES string of the molecule is Cc1ccc(C(=O)N2CCC(NC(=O)OC(C)(C)C)CC2)cc1. The number of rotatable bonds is 2. The van der Waals surface area contributed by atoms with E-state index in [1.165, 1.54) is 0 Å². The van der Waals surface area contributed by atoms with Crippen LogP contribution >= 0.6 is 0 Å². The molecular formula is C18H26N2O3. The van der Waals surface area contributed by atoms with Crippen molar-refractivity contribution in [1.82, 2.24) is 10.2 Å². The fourth-order valence-electron chi connectivity index (χ4n) is 2.58. The minimum absolute atomic E-state index is 0.0562. The van der Waals surface area contributed by atoms with E-state index in [2.05, 4.69) is 5.32 Å². The van der Waals surface area contributed by atoms with Crippen molar-refractivity contribution in [1.29, 1.82) is 0 Å². The molecule has 0 unspecified atom stereocenters. The number of carbonyl (C=O) groups excluding carboxylic acids is 2. The van der Waals surface area contributed by atoms with Gasteiger partial charge in [0.15, 0.2) is 0 Å². The van der Waals surface area contributed by atoms with Gasteiger partial charge in [-0.1, -0.05) is 17.7 Å².